The quantitative estimate of drug-likeness (QED) is 0.865. The van der Waals surface area contributed by atoms with Crippen LogP contribution in [-0.4, -0.2) is 38.3 Å². The number of para-hydroxylation sites is 1. The van der Waals surface area contributed by atoms with Crippen molar-refractivity contribution in [3.63, 3.8) is 0 Å². The molecule has 1 heterocycles. The monoisotopic (exact) mass is 287 g/mol. The summed E-state index contributed by atoms with van der Waals surface area (Å²) in [6.45, 7) is 2.35. The molecule has 0 radical (unpaired) electrons. The highest BCUT2D eigenvalue weighted by Gasteiger charge is 2.19. The molecule has 1 aromatic carbocycles. The zero-order chi connectivity index (χ0) is 14.9. The molecule has 1 saturated heterocycles. The molecule has 0 aliphatic carbocycles. The molecule has 0 aromatic heterocycles. The maximum atomic E-state index is 12.4. The summed E-state index contributed by atoms with van der Waals surface area (Å²) in [6, 6.07) is 11.5. The molecule has 0 atom stereocenters. The molecule has 1 aromatic rings. The summed E-state index contributed by atoms with van der Waals surface area (Å²) < 4.78 is 5.71. The number of piperidine rings is 1. The van der Waals surface area contributed by atoms with Crippen LogP contribution in [0, 0.1) is 11.3 Å². The number of carbonyl (C=O) groups is 1. The number of anilines is 1. The van der Waals surface area contributed by atoms with Crippen LogP contribution in [0.2, 0.25) is 0 Å². The number of benzene rings is 1. The van der Waals surface area contributed by atoms with E-state index in [4.69, 9.17) is 10.00 Å². The number of nitrogens with one attached hydrogen (secondary N) is 1. The first kappa shape index (κ1) is 15.5. The Bertz CT molecular complexity index is 478. The average molecular weight is 287 g/mol. The van der Waals surface area contributed by atoms with Crippen molar-refractivity contribution in [3.05, 3.63) is 30.3 Å². The zero-order valence-corrected chi connectivity index (χ0v) is 12.1. The molecule has 1 aliphatic rings. The highest BCUT2D eigenvalue weighted by Crippen LogP contribution is 2.15. The SMILES string of the molecule is N#CCCN(C(=O)COC1CCNCC1)c1ccccc1. The van der Waals surface area contributed by atoms with Gasteiger partial charge in [-0.25, -0.2) is 0 Å². The van der Waals surface area contributed by atoms with Crippen molar-refractivity contribution in [2.75, 3.05) is 31.1 Å². The highest BCUT2D eigenvalue weighted by molar-refractivity contribution is 5.94. The van der Waals surface area contributed by atoms with E-state index in [2.05, 4.69) is 11.4 Å². The minimum Gasteiger partial charge on any atom is -0.368 e. The Morgan fingerprint density at radius 3 is 2.71 bits per heavy atom. The predicted octanol–water partition coefficient (Wildman–Crippen LogP) is 1.70. The van der Waals surface area contributed by atoms with Gasteiger partial charge in [0.1, 0.15) is 6.61 Å². The maximum Gasteiger partial charge on any atom is 0.253 e. The fourth-order valence-electron chi connectivity index (χ4n) is 2.40. The number of nitriles is 1. The number of nitrogens with zero attached hydrogens (tertiary/aromatic N) is 2. The van der Waals surface area contributed by atoms with Crippen LogP contribution >= 0.6 is 0 Å². The topological polar surface area (TPSA) is 65.4 Å². The van der Waals surface area contributed by atoms with E-state index in [1.807, 2.05) is 30.3 Å². The van der Waals surface area contributed by atoms with E-state index in [0.29, 0.717) is 13.0 Å². The van der Waals surface area contributed by atoms with Gasteiger partial charge >= 0.3 is 0 Å². The Morgan fingerprint density at radius 2 is 2.05 bits per heavy atom. The smallest absolute Gasteiger partial charge is 0.253 e. The minimum atomic E-state index is -0.0880. The first-order chi connectivity index (χ1) is 10.3. The van der Waals surface area contributed by atoms with Gasteiger partial charge in [-0.1, -0.05) is 18.2 Å². The lowest BCUT2D eigenvalue weighted by Gasteiger charge is -2.25. The number of ether oxygens (including phenoxy) is 1. The second-order valence-electron chi connectivity index (χ2n) is 5.05. The predicted molar refractivity (Wildman–Crippen MR) is 80.9 cm³/mol. The molecule has 5 nitrogen and oxygen atoms in total. The average Bonchev–Trinajstić information content (AvgIpc) is 2.55. The third-order valence-corrected chi connectivity index (χ3v) is 3.54. The van der Waals surface area contributed by atoms with Crippen molar-refractivity contribution in [1.29, 1.82) is 5.26 Å². The normalized spacial score (nSPS) is 15.4. The molecular weight excluding hydrogens is 266 g/mol. The largest absolute Gasteiger partial charge is 0.368 e. The molecule has 1 aliphatic heterocycles. The van der Waals surface area contributed by atoms with Gasteiger partial charge in [-0.3, -0.25) is 4.79 Å². The van der Waals surface area contributed by atoms with Crippen LogP contribution in [0.1, 0.15) is 19.3 Å². The van der Waals surface area contributed by atoms with Gasteiger partial charge in [0, 0.05) is 12.2 Å². The van der Waals surface area contributed by atoms with Crippen molar-refractivity contribution < 1.29 is 9.53 Å². The van der Waals surface area contributed by atoms with Crippen LogP contribution in [0.3, 0.4) is 0 Å². The minimum absolute atomic E-state index is 0.0744. The van der Waals surface area contributed by atoms with Gasteiger partial charge in [0.15, 0.2) is 0 Å². The first-order valence-electron chi connectivity index (χ1n) is 7.36. The third kappa shape index (κ3) is 4.85. The van der Waals surface area contributed by atoms with Crippen LogP contribution in [-0.2, 0) is 9.53 Å². The Morgan fingerprint density at radius 1 is 1.33 bits per heavy atom. The fourth-order valence-corrected chi connectivity index (χ4v) is 2.40. The van der Waals surface area contributed by atoms with Gasteiger partial charge in [0.25, 0.3) is 5.91 Å². The van der Waals surface area contributed by atoms with Crippen LogP contribution < -0.4 is 10.2 Å². The van der Waals surface area contributed by atoms with Crippen molar-refractivity contribution in [2.24, 2.45) is 0 Å². The van der Waals surface area contributed by atoms with Crippen molar-refractivity contribution in [3.8, 4) is 6.07 Å². The Labute approximate surface area is 125 Å². The van der Waals surface area contributed by atoms with Gasteiger partial charge in [-0.15, -0.1) is 0 Å². The molecule has 0 bridgehead atoms. The standard InChI is InChI=1S/C16H21N3O2/c17-9-4-12-19(14-5-2-1-3-6-14)16(20)13-21-15-7-10-18-11-8-15/h1-3,5-6,15,18H,4,7-8,10-13H2. The summed E-state index contributed by atoms with van der Waals surface area (Å²) in [5.41, 5.74) is 0.812. The van der Waals surface area contributed by atoms with Crippen molar-refractivity contribution in [2.45, 2.75) is 25.4 Å². The van der Waals surface area contributed by atoms with E-state index in [1.54, 1.807) is 4.90 Å². The van der Waals surface area contributed by atoms with Crippen molar-refractivity contribution >= 4 is 11.6 Å². The molecule has 1 amide bonds. The van der Waals surface area contributed by atoms with Gasteiger partial charge in [0.2, 0.25) is 0 Å². The molecular formula is C16H21N3O2. The third-order valence-electron chi connectivity index (χ3n) is 3.54. The molecule has 1 fully saturated rings. The van der Waals surface area contributed by atoms with Gasteiger partial charge < -0.3 is 15.0 Å². The lowest BCUT2D eigenvalue weighted by Crippen LogP contribution is -2.38. The molecule has 21 heavy (non-hydrogen) atoms. The zero-order valence-electron chi connectivity index (χ0n) is 12.1. The summed E-state index contributed by atoms with van der Waals surface area (Å²) in [5.74, 6) is -0.0880. The number of amides is 1. The summed E-state index contributed by atoms with van der Waals surface area (Å²) in [5, 5.41) is 12.0. The Hall–Kier alpha value is -1.90. The Kier molecular flexibility index (Phi) is 6.20. The Balaban J connectivity index is 1.92. The fraction of sp³-hybridized carbons (Fsp3) is 0.500. The van der Waals surface area contributed by atoms with Crippen LogP contribution in [0.15, 0.2) is 30.3 Å². The second kappa shape index (κ2) is 8.40. The van der Waals surface area contributed by atoms with Gasteiger partial charge in [-0.2, -0.15) is 5.26 Å². The summed E-state index contributed by atoms with van der Waals surface area (Å²) in [6.07, 6.45) is 2.35. The molecule has 0 spiro atoms. The van der Waals surface area contributed by atoms with E-state index in [1.165, 1.54) is 0 Å². The van der Waals surface area contributed by atoms with E-state index in [0.717, 1.165) is 31.6 Å². The maximum absolute atomic E-state index is 12.4. The molecule has 5 heteroatoms. The molecule has 0 saturated carbocycles. The van der Waals surface area contributed by atoms with Crippen LogP contribution in [0.5, 0.6) is 0 Å². The molecule has 2 rings (SSSR count). The molecule has 112 valence electrons. The summed E-state index contributed by atoms with van der Waals surface area (Å²) >= 11 is 0. The summed E-state index contributed by atoms with van der Waals surface area (Å²) in [7, 11) is 0. The second-order valence-corrected chi connectivity index (χ2v) is 5.05. The number of hydrogen-bond donors (Lipinski definition) is 1. The lowest BCUT2D eigenvalue weighted by atomic mass is 10.1. The van der Waals surface area contributed by atoms with Crippen LogP contribution in [0.4, 0.5) is 5.69 Å². The van der Waals surface area contributed by atoms with Gasteiger partial charge in [0.05, 0.1) is 18.6 Å². The van der Waals surface area contributed by atoms with E-state index in [-0.39, 0.29) is 18.6 Å². The van der Waals surface area contributed by atoms with E-state index < -0.39 is 0 Å². The lowest BCUT2D eigenvalue weighted by molar-refractivity contribution is -0.125. The van der Waals surface area contributed by atoms with Gasteiger partial charge in [-0.05, 0) is 38.1 Å². The van der Waals surface area contributed by atoms with E-state index in [9.17, 15) is 4.79 Å². The van der Waals surface area contributed by atoms with Crippen molar-refractivity contribution in [1.82, 2.24) is 5.32 Å². The van der Waals surface area contributed by atoms with E-state index >= 15 is 0 Å². The molecule has 0 unspecified atom stereocenters. The number of rotatable bonds is 6. The number of hydrogen-bond acceptors (Lipinski definition) is 4. The molecule has 1 N–H and O–H groups in total. The van der Waals surface area contributed by atoms with Crippen LogP contribution in [0.25, 0.3) is 0 Å². The highest BCUT2D eigenvalue weighted by atomic mass is 16.5. The number of carbonyl (C=O) groups excluding carboxylic acids is 1. The summed E-state index contributed by atoms with van der Waals surface area (Å²) in [4.78, 5) is 14.0. The first-order valence-corrected chi connectivity index (χ1v) is 7.36.